The van der Waals surface area contributed by atoms with E-state index >= 15 is 0 Å². The van der Waals surface area contributed by atoms with Gasteiger partial charge in [-0.05, 0) is 27.7 Å². The first kappa shape index (κ1) is 22.0. The SMILES string of the molecule is CCn1c(-c2cnc(C)nc2)nc2c(N[C@H](CO)C(=O)N3C[C@@H](C)O[C@@H](C)C3)ncnc21. The predicted molar refractivity (Wildman–Crippen MR) is 118 cm³/mol. The van der Waals surface area contributed by atoms with Crippen molar-refractivity contribution >= 4 is 22.9 Å². The van der Waals surface area contributed by atoms with Crippen molar-refractivity contribution in [3.8, 4) is 11.4 Å². The summed E-state index contributed by atoms with van der Waals surface area (Å²) >= 11 is 0. The molecule has 2 N–H and O–H groups in total. The molecular weight excluding hydrogens is 412 g/mol. The molecule has 1 saturated heterocycles. The number of carbonyl (C=O) groups is 1. The monoisotopic (exact) mass is 440 g/mol. The molecule has 1 aliphatic rings. The molecule has 0 spiro atoms. The molecule has 0 radical (unpaired) electrons. The summed E-state index contributed by atoms with van der Waals surface area (Å²) in [5.41, 5.74) is 1.89. The van der Waals surface area contributed by atoms with Crippen LogP contribution in [0.4, 0.5) is 5.82 Å². The second kappa shape index (κ2) is 9.13. The van der Waals surface area contributed by atoms with Gasteiger partial charge < -0.3 is 24.6 Å². The molecule has 11 nitrogen and oxygen atoms in total. The molecule has 170 valence electrons. The molecule has 3 aromatic rings. The topological polar surface area (TPSA) is 131 Å². The van der Waals surface area contributed by atoms with Gasteiger partial charge in [0.25, 0.3) is 0 Å². The molecule has 0 saturated carbocycles. The lowest BCUT2D eigenvalue weighted by Crippen LogP contribution is -2.53. The summed E-state index contributed by atoms with van der Waals surface area (Å²) in [7, 11) is 0. The number of ether oxygens (including phenoxy) is 1. The number of hydrogen-bond donors (Lipinski definition) is 2. The fourth-order valence-corrected chi connectivity index (χ4v) is 4.00. The lowest BCUT2D eigenvalue weighted by atomic mass is 10.2. The number of rotatable bonds is 6. The Morgan fingerprint density at radius 3 is 2.53 bits per heavy atom. The maximum absolute atomic E-state index is 13.1. The van der Waals surface area contributed by atoms with Crippen LogP contribution in [0.3, 0.4) is 0 Å². The van der Waals surface area contributed by atoms with Crippen LogP contribution in [0.2, 0.25) is 0 Å². The van der Waals surface area contributed by atoms with Gasteiger partial charge in [-0.15, -0.1) is 0 Å². The number of carbonyl (C=O) groups excluding carboxylic acids is 1. The Morgan fingerprint density at radius 1 is 1.22 bits per heavy atom. The van der Waals surface area contributed by atoms with Gasteiger partial charge in [0, 0.05) is 32.0 Å². The summed E-state index contributed by atoms with van der Waals surface area (Å²) in [4.78, 5) is 36.8. The first-order valence-electron chi connectivity index (χ1n) is 10.7. The maximum Gasteiger partial charge on any atom is 0.247 e. The number of aryl methyl sites for hydroxylation is 2. The third kappa shape index (κ3) is 4.26. The van der Waals surface area contributed by atoms with Crippen LogP contribution in [0.5, 0.6) is 0 Å². The summed E-state index contributed by atoms with van der Waals surface area (Å²) in [6, 6.07) is -0.858. The van der Waals surface area contributed by atoms with Crippen LogP contribution >= 0.6 is 0 Å². The minimum Gasteiger partial charge on any atom is -0.394 e. The molecule has 3 aromatic heterocycles. The number of aromatic nitrogens is 6. The number of imidazole rings is 1. The van der Waals surface area contributed by atoms with Gasteiger partial charge in [-0.3, -0.25) is 4.79 Å². The minimum atomic E-state index is -0.858. The van der Waals surface area contributed by atoms with Gasteiger partial charge in [0.05, 0.1) is 24.4 Å². The summed E-state index contributed by atoms with van der Waals surface area (Å²) < 4.78 is 7.65. The van der Waals surface area contributed by atoms with E-state index in [1.807, 2.05) is 32.3 Å². The van der Waals surface area contributed by atoms with Gasteiger partial charge in [0.2, 0.25) is 5.91 Å². The van der Waals surface area contributed by atoms with Crippen LogP contribution in [-0.2, 0) is 16.1 Å². The molecular formula is C21H28N8O3. The highest BCUT2D eigenvalue weighted by Gasteiger charge is 2.31. The van der Waals surface area contributed by atoms with E-state index in [1.165, 1.54) is 6.33 Å². The summed E-state index contributed by atoms with van der Waals surface area (Å²) in [5.74, 6) is 1.52. The molecule has 0 bridgehead atoms. The Labute approximate surface area is 185 Å². The van der Waals surface area contributed by atoms with Crippen molar-refractivity contribution in [2.45, 2.75) is 52.5 Å². The Bertz CT molecular complexity index is 1090. The molecule has 11 heteroatoms. The molecule has 4 rings (SSSR count). The first-order chi connectivity index (χ1) is 15.4. The van der Waals surface area contributed by atoms with Gasteiger partial charge in [0.15, 0.2) is 17.0 Å². The van der Waals surface area contributed by atoms with Crippen molar-refractivity contribution in [2.75, 3.05) is 25.0 Å². The fraction of sp³-hybridized carbons (Fsp3) is 0.524. The summed E-state index contributed by atoms with van der Waals surface area (Å²) in [6.07, 6.45) is 4.74. The van der Waals surface area contributed by atoms with Gasteiger partial charge in [0.1, 0.15) is 24.0 Å². The number of nitrogens with zero attached hydrogens (tertiary/aromatic N) is 7. The molecule has 3 atom stereocenters. The second-order valence-electron chi connectivity index (χ2n) is 7.97. The van der Waals surface area contributed by atoms with Crippen molar-refractivity contribution in [1.29, 1.82) is 0 Å². The molecule has 32 heavy (non-hydrogen) atoms. The number of fused-ring (bicyclic) bond motifs is 1. The van der Waals surface area contributed by atoms with Crippen molar-refractivity contribution in [2.24, 2.45) is 0 Å². The number of aliphatic hydroxyl groups is 1. The second-order valence-corrected chi connectivity index (χ2v) is 7.97. The summed E-state index contributed by atoms with van der Waals surface area (Å²) in [6.45, 7) is 8.88. The Hall–Kier alpha value is -3.18. The fourth-order valence-electron chi connectivity index (χ4n) is 4.00. The highest BCUT2D eigenvalue weighted by Crippen LogP contribution is 2.26. The third-order valence-electron chi connectivity index (χ3n) is 5.41. The van der Waals surface area contributed by atoms with E-state index in [-0.39, 0.29) is 24.7 Å². The van der Waals surface area contributed by atoms with Crippen LogP contribution in [0.25, 0.3) is 22.6 Å². The zero-order valence-electron chi connectivity index (χ0n) is 18.7. The van der Waals surface area contributed by atoms with Crippen LogP contribution in [-0.4, -0.2) is 83.3 Å². The predicted octanol–water partition coefficient (Wildman–Crippen LogP) is 1.02. The van der Waals surface area contributed by atoms with Crippen molar-refractivity contribution < 1.29 is 14.6 Å². The van der Waals surface area contributed by atoms with Crippen molar-refractivity contribution in [3.05, 3.63) is 24.5 Å². The number of hydrogen-bond acceptors (Lipinski definition) is 9. The summed E-state index contributed by atoms with van der Waals surface area (Å²) in [5, 5.41) is 13.1. The quantitative estimate of drug-likeness (QED) is 0.577. The van der Waals surface area contributed by atoms with E-state index in [4.69, 9.17) is 9.72 Å². The lowest BCUT2D eigenvalue weighted by Gasteiger charge is -2.37. The Kier molecular flexibility index (Phi) is 6.28. The number of nitrogens with one attached hydrogen (secondary N) is 1. The highest BCUT2D eigenvalue weighted by atomic mass is 16.5. The van der Waals surface area contributed by atoms with E-state index in [0.717, 1.165) is 5.56 Å². The van der Waals surface area contributed by atoms with Gasteiger partial charge in [-0.25, -0.2) is 24.9 Å². The van der Waals surface area contributed by atoms with Crippen LogP contribution in [0, 0.1) is 6.92 Å². The maximum atomic E-state index is 13.1. The van der Waals surface area contributed by atoms with E-state index in [9.17, 15) is 9.90 Å². The molecule has 1 aliphatic heterocycles. The average molecular weight is 441 g/mol. The minimum absolute atomic E-state index is 0.0626. The number of morpholine rings is 1. The molecule has 1 amide bonds. The largest absolute Gasteiger partial charge is 0.394 e. The van der Waals surface area contributed by atoms with E-state index in [0.29, 0.717) is 48.3 Å². The third-order valence-corrected chi connectivity index (χ3v) is 5.41. The Balaban J connectivity index is 1.66. The van der Waals surface area contributed by atoms with Crippen LogP contribution in [0.1, 0.15) is 26.6 Å². The van der Waals surface area contributed by atoms with Crippen LogP contribution in [0.15, 0.2) is 18.7 Å². The number of amides is 1. The number of aliphatic hydroxyl groups excluding tert-OH is 1. The number of anilines is 1. The van der Waals surface area contributed by atoms with E-state index in [2.05, 4.69) is 25.3 Å². The van der Waals surface area contributed by atoms with Gasteiger partial charge >= 0.3 is 0 Å². The Morgan fingerprint density at radius 2 is 1.91 bits per heavy atom. The molecule has 0 unspecified atom stereocenters. The molecule has 0 aromatic carbocycles. The molecule has 1 fully saturated rings. The zero-order chi connectivity index (χ0) is 22.8. The van der Waals surface area contributed by atoms with E-state index < -0.39 is 6.04 Å². The van der Waals surface area contributed by atoms with Gasteiger partial charge in [-0.2, -0.15) is 0 Å². The standard InChI is InChI=1S/C21H28N8O3/c1-5-29-19(15-6-22-14(4)23-7-15)27-17-18(24-11-25-20(17)29)26-16(10-30)21(31)28-8-12(2)32-13(3)9-28/h6-7,11-13,16,30H,5,8-10H2,1-4H3,(H,24,25,26)/t12-,13+,16-/m1/s1. The average Bonchev–Trinajstić information content (AvgIpc) is 3.16. The lowest BCUT2D eigenvalue weighted by molar-refractivity contribution is -0.144. The van der Waals surface area contributed by atoms with Gasteiger partial charge in [-0.1, -0.05) is 0 Å². The van der Waals surface area contributed by atoms with Crippen LogP contribution < -0.4 is 5.32 Å². The molecule has 0 aliphatic carbocycles. The highest BCUT2D eigenvalue weighted by molar-refractivity contribution is 5.90. The van der Waals surface area contributed by atoms with Crippen molar-refractivity contribution in [3.63, 3.8) is 0 Å². The van der Waals surface area contributed by atoms with E-state index in [1.54, 1.807) is 17.3 Å². The first-order valence-corrected chi connectivity index (χ1v) is 10.7. The smallest absolute Gasteiger partial charge is 0.247 e. The molecule has 4 heterocycles. The normalized spacial score (nSPS) is 19.8. The zero-order valence-corrected chi connectivity index (χ0v) is 18.7. The van der Waals surface area contributed by atoms with Crippen molar-refractivity contribution in [1.82, 2.24) is 34.4 Å².